The first-order valence-electron chi connectivity index (χ1n) is 3.76. The summed E-state index contributed by atoms with van der Waals surface area (Å²) in [5, 5.41) is 0. The van der Waals surface area contributed by atoms with Crippen LogP contribution >= 0.6 is 0 Å². The van der Waals surface area contributed by atoms with Gasteiger partial charge in [-0.15, -0.1) is 0 Å². The Kier molecular flexibility index (Phi) is 5.47. The largest absolute Gasteiger partial charge is 0.461 e. The second-order valence-electron chi connectivity index (χ2n) is 2.22. The molecule has 0 heterocycles. The molecule has 0 aliphatic heterocycles. The van der Waals surface area contributed by atoms with Crippen molar-refractivity contribution in [3.63, 3.8) is 0 Å². The van der Waals surface area contributed by atoms with Gasteiger partial charge in [0.05, 0.1) is 0 Å². The summed E-state index contributed by atoms with van der Waals surface area (Å²) in [6.45, 7) is 4.39. The third kappa shape index (κ3) is 4.56. The summed E-state index contributed by atoms with van der Waals surface area (Å²) in [6, 6.07) is 0. The smallest absolute Gasteiger partial charge is 0.333 e. The molecular formula is C8H15NO2. The first-order chi connectivity index (χ1) is 5.22. The highest BCUT2D eigenvalue weighted by atomic mass is 16.5. The number of hydrogen-bond donors (Lipinski definition) is 1. The van der Waals surface area contributed by atoms with Crippen molar-refractivity contribution in [2.24, 2.45) is 5.73 Å². The molecule has 3 heteroatoms. The minimum atomic E-state index is -0.266. The molecule has 0 bridgehead atoms. The molecule has 3 nitrogen and oxygen atoms in total. The van der Waals surface area contributed by atoms with Crippen LogP contribution in [0.4, 0.5) is 0 Å². The van der Waals surface area contributed by atoms with Crippen molar-refractivity contribution in [2.45, 2.75) is 20.3 Å². The van der Waals surface area contributed by atoms with E-state index in [4.69, 9.17) is 10.5 Å². The minimum Gasteiger partial charge on any atom is -0.461 e. The van der Waals surface area contributed by atoms with Crippen LogP contribution in [0.1, 0.15) is 20.3 Å². The lowest BCUT2D eigenvalue weighted by Crippen LogP contribution is -2.13. The maximum absolute atomic E-state index is 10.9. The molecule has 0 aromatic heterocycles. The van der Waals surface area contributed by atoms with E-state index in [-0.39, 0.29) is 5.97 Å². The summed E-state index contributed by atoms with van der Waals surface area (Å²) in [5.41, 5.74) is 5.81. The maximum Gasteiger partial charge on any atom is 0.333 e. The lowest BCUT2D eigenvalue weighted by Gasteiger charge is -2.01. The van der Waals surface area contributed by atoms with Gasteiger partial charge < -0.3 is 10.5 Å². The van der Waals surface area contributed by atoms with Crippen molar-refractivity contribution in [3.05, 3.63) is 11.6 Å². The van der Waals surface area contributed by atoms with Gasteiger partial charge in [-0.05, 0) is 13.3 Å². The van der Waals surface area contributed by atoms with Crippen molar-refractivity contribution in [2.75, 3.05) is 13.2 Å². The van der Waals surface area contributed by atoms with Crippen LogP contribution in [-0.2, 0) is 9.53 Å². The Morgan fingerprint density at radius 3 is 2.73 bits per heavy atom. The number of rotatable bonds is 4. The Labute approximate surface area is 67.2 Å². The average molecular weight is 157 g/mol. The molecular weight excluding hydrogens is 142 g/mol. The van der Waals surface area contributed by atoms with E-state index in [9.17, 15) is 4.79 Å². The SMILES string of the molecule is CCC=C(C)C(=O)OCCN. The molecule has 0 amide bonds. The minimum absolute atomic E-state index is 0.266. The molecule has 0 aliphatic rings. The number of allylic oxidation sites excluding steroid dienone is 1. The normalized spacial score (nSPS) is 11.4. The van der Waals surface area contributed by atoms with Crippen molar-refractivity contribution >= 4 is 5.97 Å². The highest BCUT2D eigenvalue weighted by molar-refractivity contribution is 5.87. The van der Waals surface area contributed by atoms with E-state index >= 15 is 0 Å². The fourth-order valence-corrected chi connectivity index (χ4v) is 0.655. The second kappa shape index (κ2) is 5.92. The summed E-state index contributed by atoms with van der Waals surface area (Å²) in [6.07, 6.45) is 2.68. The Morgan fingerprint density at radius 2 is 2.27 bits per heavy atom. The fourth-order valence-electron chi connectivity index (χ4n) is 0.655. The highest BCUT2D eigenvalue weighted by Crippen LogP contribution is 1.97. The molecule has 0 saturated heterocycles. The molecule has 2 N–H and O–H groups in total. The summed E-state index contributed by atoms with van der Waals surface area (Å²) in [7, 11) is 0. The fraction of sp³-hybridized carbons (Fsp3) is 0.625. The van der Waals surface area contributed by atoms with Gasteiger partial charge in [-0.3, -0.25) is 0 Å². The van der Waals surface area contributed by atoms with Crippen LogP contribution in [0.25, 0.3) is 0 Å². The van der Waals surface area contributed by atoms with Gasteiger partial charge in [-0.2, -0.15) is 0 Å². The van der Waals surface area contributed by atoms with E-state index in [1.54, 1.807) is 6.92 Å². The Hall–Kier alpha value is -0.830. The van der Waals surface area contributed by atoms with Crippen molar-refractivity contribution < 1.29 is 9.53 Å². The standard InChI is InChI=1S/C8H15NO2/c1-3-4-7(2)8(10)11-6-5-9/h4H,3,5-6,9H2,1-2H3. The predicted molar refractivity (Wildman–Crippen MR) is 44.1 cm³/mol. The Balaban J connectivity index is 3.73. The zero-order chi connectivity index (χ0) is 8.69. The van der Waals surface area contributed by atoms with Crippen LogP contribution in [0, 0.1) is 0 Å². The molecule has 0 aliphatic carbocycles. The molecule has 64 valence electrons. The van der Waals surface area contributed by atoms with Crippen LogP contribution in [0.15, 0.2) is 11.6 Å². The third-order valence-electron chi connectivity index (χ3n) is 1.18. The van der Waals surface area contributed by atoms with Crippen molar-refractivity contribution in [3.8, 4) is 0 Å². The highest BCUT2D eigenvalue weighted by Gasteiger charge is 2.02. The lowest BCUT2D eigenvalue weighted by atomic mass is 10.2. The van der Waals surface area contributed by atoms with Crippen LogP contribution < -0.4 is 5.73 Å². The van der Waals surface area contributed by atoms with Gasteiger partial charge >= 0.3 is 5.97 Å². The number of nitrogens with two attached hydrogens (primary N) is 1. The number of esters is 1. The number of carbonyl (C=O) groups is 1. The molecule has 0 atom stereocenters. The van der Waals surface area contributed by atoms with E-state index in [2.05, 4.69) is 0 Å². The third-order valence-corrected chi connectivity index (χ3v) is 1.18. The van der Waals surface area contributed by atoms with Gasteiger partial charge in [0.2, 0.25) is 0 Å². The van der Waals surface area contributed by atoms with Crippen LogP contribution in [0.5, 0.6) is 0 Å². The monoisotopic (exact) mass is 157 g/mol. The first kappa shape index (κ1) is 10.2. The Bertz CT molecular complexity index is 152. The van der Waals surface area contributed by atoms with E-state index in [0.717, 1.165) is 6.42 Å². The average Bonchev–Trinajstić information content (AvgIpc) is 2.00. The topological polar surface area (TPSA) is 52.3 Å². The van der Waals surface area contributed by atoms with E-state index in [1.807, 2.05) is 13.0 Å². The predicted octanol–water partition coefficient (Wildman–Crippen LogP) is 0.845. The van der Waals surface area contributed by atoms with E-state index in [1.165, 1.54) is 0 Å². The Morgan fingerprint density at radius 1 is 1.64 bits per heavy atom. The number of ether oxygens (including phenoxy) is 1. The summed E-state index contributed by atoms with van der Waals surface area (Å²) in [4.78, 5) is 10.9. The lowest BCUT2D eigenvalue weighted by molar-refractivity contribution is -0.138. The molecule has 0 fully saturated rings. The van der Waals surface area contributed by atoms with Gasteiger partial charge in [-0.25, -0.2) is 4.79 Å². The van der Waals surface area contributed by atoms with Gasteiger partial charge in [0.15, 0.2) is 0 Å². The van der Waals surface area contributed by atoms with Crippen LogP contribution in [-0.4, -0.2) is 19.1 Å². The van der Waals surface area contributed by atoms with Gasteiger partial charge in [0, 0.05) is 12.1 Å². The van der Waals surface area contributed by atoms with Crippen LogP contribution in [0.2, 0.25) is 0 Å². The maximum atomic E-state index is 10.9. The number of hydrogen-bond acceptors (Lipinski definition) is 3. The van der Waals surface area contributed by atoms with Gasteiger partial charge in [-0.1, -0.05) is 13.0 Å². The summed E-state index contributed by atoms with van der Waals surface area (Å²) in [5.74, 6) is -0.266. The molecule has 0 unspecified atom stereocenters. The van der Waals surface area contributed by atoms with Gasteiger partial charge in [0.25, 0.3) is 0 Å². The zero-order valence-corrected chi connectivity index (χ0v) is 7.09. The van der Waals surface area contributed by atoms with E-state index < -0.39 is 0 Å². The molecule has 0 spiro atoms. The molecule has 11 heavy (non-hydrogen) atoms. The molecule has 0 aromatic carbocycles. The number of carbonyl (C=O) groups excluding carboxylic acids is 1. The summed E-state index contributed by atoms with van der Waals surface area (Å²) < 4.78 is 4.77. The molecule has 0 rings (SSSR count). The first-order valence-corrected chi connectivity index (χ1v) is 3.76. The molecule has 0 aromatic rings. The van der Waals surface area contributed by atoms with E-state index in [0.29, 0.717) is 18.7 Å². The quantitative estimate of drug-likeness (QED) is 0.486. The second-order valence-corrected chi connectivity index (χ2v) is 2.22. The van der Waals surface area contributed by atoms with Crippen LogP contribution in [0.3, 0.4) is 0 Å². The zero-order valence-electron chi connectivity index (χ0n) is 7.09. The molecule has 0 radical (unpaired) electrons. The van der Waals surface area contributed by atoms with Crippen molar-refractivity contribution in [1.29, 1.82) is 0 Å². The van der Waals surface area contributed by atoms with Gasteiger partial charge in [0.1, 0.15) is 6.61 Å². The molecule has 0 saturated carbocycles. The van der Waals surface area contributed by atoms with Crippen molar-refractivity contribution in [1.82, 2.24) is 0 Å². The summed E-state index contributed by atoms with van der Waals surface area (Å²) >= 11 is 0.